The minimum atomic E-state index is -0.214. The summed E-state index contributed by atoms with van der Waals surface area (Å²) in [5, 5.41) is 5.13. The Morgan fingerprint density at radius 1 is 1.33 bits per heavy atom. The maximum Gasteiger partial charge on any atom is 0.250 e. The summed E-state index contributed by atoms with van der Waals surface area (Å²) >= 11 is 0. The van der Waals surface area contributed by atoms with E-state index in [4.69, 9.17) is 0 Å². The van der Waals surface area contributed by atoms with Crippen LogP contribution in [-0.4, -0.2) is 26.0 Å². The van der Waals surface area contributed by atoms with E-state index in [2.05, 4.69) is 15.4 Å². The van der Waals surface area contributed by atoms with Crippen LogP contribution >= 0.6 is 0 Å². The lowest BCUT2D eigenvalue weighted by molar-refractivity contribution is -0.119. The Labute approximate surface area is 87.4 Å². The third kappa shape index (κ3) is 3.78. The van der Waals surface area contributed by atoms with Crippen molar-refractivity contribution in [3.8, 4) is 0 Å². The second-order valence-electron chi connectivity index (χ2n) is 2.82. The summed E-state index contributed by atoms with van der Waals surface area (Å²) in [7, 11) is 1.46. The van der Waals surface area contributed by atoms with E-state index in [-0.39, 0.29) is 12.5 Å². The molecule has 0 aliphatic rings. The van der Waals surface area contributed by atoms with Crippen LogP contribution in [0.15, 0.2) is 24.3 Å². The standard InChI is InChI=1S/C10H12N2O3/c1-15-6-10(14)12-9-4-2-8(3-5-9)11-7-13/h2-5,7H,6H2,1H3,(H,11,13)(H,12,14). The molecular formula is C10H12N2O3. The van der Waals surface area contributed by atoms with Crippen molar-refractivity contribution in [3.05, 3.63) is 24.3 Å². The monoisotopic (exact) mass is 208 g/mol. The van der Waals surface area contributed by atoms with Gasteiger partial charge in [0.05, 0.1) is 0 Å². The van der Waals surface area contributed by atoms with Crippen LogP contribution in [0.2, 0.25) is 0 Å². The lowest BCUT2D eigenvalue weighted by atomic mass is 10.3. The molecule has 0 aliphatic heterocycles. The first-order valence-corrected chi connectivity index (χ1v) is 4.35. The highest BCUT2D eigenvalue weighted by Crippen LogP contribution is 2.12. The van der Waals surface area contributed by atoms with Crippen molar-refractivity contribution in [1.29, 1.82) is 0 Å². The quantitative estimate of drug-likeness (QED) is 0.704. The Morgan fingerprint density at radius 3 is 2.47 bits per heavy atom. The van der Waals surface area contributed by atoms with Gasteiger partial charge in [0.1, 0.15) is 6.61 Å². The van der Waals surface area contributed by atoms with Crippen LogP contribution in [0, 0.1) is 0 Å². The van der Waals surface area contributed by atoms with Crippen LogP contribution < -0.4 is 10.6 Å². The van der Waals surface area contributed by atoms with E-state index < -0.39 is 0 Å². The van der Waals surface area contributed by atoms with Crippen molar-refractivity contribution in [2.45, 2.75) is 0 Å². The molecular weight excluding hydrogens is 196 g/mol. The number of anilines is 2. The Bertz CT molecular complexity index is 335. The summed E-state index contributed by atoms with van der Waals surface area (Å²) in [5.74, 6) is -0.214. The zero-order chi connectivity index (χ0) is 11.1. The fourth-order valence-corrected chi connectivity index (χ4v) is 1.05. The molecule has 0 fully saturated rings. The van der Waals surface area contributed by atoms with E-state index in [0.717, 1.165) is 0 Å². The SMILES string of the molecule is COCC(=O)Nc1ccc(NC=O)cc1. The zero-order valence-corrected chi connectivity index (χ0v) is 8.32. The average molecular weight is 208 g/mol. The molecule has 0 bridgehead atoms. The van der Waals surface area contributed by atoms with Gasteiger partial charge in [0.25, 0.3) is 0 Å². The molecule has 1 aromatic carbocycles. The molecule has 2 N–H and O–H groups in total. The van der Waals surface area contributed by atoms with E-state index in [0.29, 0.717) is 17.8 Å². The molecule has 0 saturated carbocycles. The molecule has 15 heavy (non-hydrogen) atoms. The third-order valence-corrected chi connectivity index (χ3v) is 1.67. The molecule has 1 rings (SSSR count). The molecule has 0 aliphatic carbocycles. The van der Waals surface area contributed by atoms with Crippen molar-refractivity contribution in [3.63, 3.8) is 0 Å². The normalized spacial score (nSPS) is 9.40. The van der Waals surface area contributed by atoms with Crippen LogP contribution in [0.5, 0.6) is 0 Å². The number of methoxy groups -OCH3 is 1. The highest BCUT2D eigenvalue weighted by atomic mass is 16.5. The first kappa shape index (κ1) is 11.2. The van der Waals surface area contributed by atoms with E-state index >= 15 is 0 Å². The Balaban J connectivity index is 2.56. The maximum atomic E-state index is 11.1. The predicted octanol–water partition coefficient (Wildman–Crippen LogP) is 0.840. The van der Waals surface area contributed by atoms with Gasteiger partial charge in [-0.1, -0.05) is 0 Å². The smallest absolute Gasteiger partial charge is 0.250 e. The number of benzene rings is 1. The van der Waals surface area contributed by atoms with Gasteiger partial charge in [0.2, 0.25) is 12.3 Å². The Kier molecular flexibility index (Phi) is 4.30. The number of rotatable bonds is 5. The summed E-state index contributed by atoms with van der Waals surface area (Å²) in [4.78, 5) is 21.2. The largest absolute Gasteiger partial charge is 0.375 e. The van der Waals surface area contributed by atoms with Crippen molar-refractivity contribution in [2.75, 3.05) is 24.4 Å². The molecule has 0 unspecified atom stereocenters. The Hall–Kier alpha value is -1.88. The van der Waals surface area contributed by atoms with Gasteiger partial charge >= 0.3 is 0 Å². The van der Waals surface area contributed by atoms with Crippen LogP contribution in [0.3, 0.4) is 0 Å². The number of ether oxygens (including phenoxy) is 1. The van der Waals surface area contributed by atoms with E-state index in [1.165, 1.54) is 7.11 Å². The summed E-state index contributed by atoms with van der Waals surface area (Å²) in [5.41, 5.74) is 1.34. The molecule has 2 amide bonds. The van der Waals surface area contributed by atoms with E-state index in [9.17, 15) is 9.59 Å². The van der Waals surface area contributed by atoms with Crippen molar-refractivity contribution in [1.82, 2.24) is 0 Å². The number of carbonyl (C=O) groups is 2. The summed E-state index contributed by atoms with van der Waals surface area (Å²) in [6.45, 7) is 0.0222. The molecule has 0 radical (unpaired) electrons. The van der Waals surface area contributed by atoms with Gasteiger partial charge in [0.15, 0.2) is 0 Å². The van der Waals surface area contributed by atoms with Crippen LogP contribution in [0.4, 0.5) is 11.4 Å². The van der Waals surface area contributed by atoms with Gasteiger partial charge in [-0.15, -0.1) is 0 Å². The van der Waals surface area contributed by atoms with Crippen molar-refractivity contribution >= 4 is 23.7 Å². The summed E-state index contributed by atoms with van der Waals surface area (Å²) < 4.78 is 4.67. The lowest BCUT2D eigenvalue weighted by Gasteiger charge is -2.05. The highest BCUT2D eigenvalue weighted by Gasteiger charge is 2.00. The van der Waals surface area contributed by atoms with E-state index in [1.54, 1.807) is 24.3 Å². The minimum Gasteiger partial charge on any atom is -0.375 e. The fraction of sp³-hybridized carbons (Fsp3) is 0.200. The first-order chi connectivity index (χ1) is 7.26. The summed E-state index contributed by atoms with van der Waals surface area (Å²) in [6.07, 6.45) is 0.596. The zero-order valence-electron chi connectivity index (χ0n) is 8.32. The van der Waals surface area contributed by atoms with Crippen molar-refractivity contribution in [2.24, 2.45) is 0 Å². The molecule has 5 nitrogen and oxygen atoms in total. The number of hydrogen-bond acceptors (Lipinski definition) is 3. The number of amides is 2. The van der Waals surface area contributed by atoms with Crippen LogP contribution in [0.1, 0.15) is 0 Å². The molecule has 5 heteroatoms. The van der Waals surface area contributed by atoms with Gasteiger partial charge in [-0.2, -0.15) is 0 Å². The molecule has 80 valence electrons. The van der Waals surface area contributed by atoms with Crippen molar-refractivity contribution < 1.29 is 14.3 Å². The molecule has 0 saturated heterocycles. The summed E-state index contributed by atoms with van der Waals surface area (Å²) in [6, 6.07) is 6.77. The third-order valence-electron chi connectivity index (χ3n) is 1.67. The van der Waals surface area contributed by atoms with Crippen LogP contribution in [0.25, 0.3) is 0 Å². The van der Waals surface area contributed by atoms with Gasteiger partial charge in [-0.25, -0.2) is 0 Å². The molecule has 0 aromatic heterocycles. The second kappa shape index (κ2) is 5.77. The second-order valence-corrected chi connectivity index (χ2v) is 2.82. The molecule has 0 heterocycles. The number of nitrogens with one attached hydrogen (secondary N) is 2. The average Bonchev–Trinajstić information content (AvgIpc) is 2.22. The Morgan fingerprint density at radius 2 is 1.93 bits per heavy atom. The lowest BCUT2D eigenvalue weighted by Crippen LogP contribution is -2.16. The highest BCUT2D eigenvalue weighted by molar-refractivity contribution is 5.91. The number of carbonyl (C=O) groups excluding carboxylic acids is 2. The maximum absolute atomic E-state index is 11.1. The molecule has 1 aromatic rings. The first-order valence-electron chi connectivity index (χ1n) is 4.35. The molecule has 0 atom stereocenters. The van der Waals surface area contributed by atoms with Gasteiger partial charge < -0.3 is 15.4 Å². The topological polar surface area (TPSA) is 67.4 Å². The van der Waals surface area contributed by atoms with Gasteiger partial charge in [-0.3, -0.25) is 9.59 Å². The number of hydrogen-bond donors (Lipinski definition) is 2. The van der Waals surface area contributed by atoms with Crippen LogP contribution in [-0.2, 0) is 14.3 Å². The van der Waals surface area contributed by atoms with Gasteiger partial charge in [0, 0.05) is 18.5 Å². The minimum absolute atomic E-state index is 0.0222. The molecule has 0 spiro atoms. The predicted molar refractivity (Wildman–Crippen MR) is 56.6 cm³/mol. The van der Waals surface area contributed by atoms with Gasteiger partial charge in [-0.05, 0) is 24.3 Å². The van der Waals surface area contributed by atoms with E-state index in [1.807, 2.05) is 0 Å². The fourth-order valence-electron chi connectivity index (χ4n) is 1.05.